The third kappa shape index (κ3) is 6.16. The van der Waals surface area contributed by atoms with Gasteiger partial charge in [0.25, 0.3) is 15.6 Å². The number of amides is 2. The lowest BCUT2D eigenvalue weighted by atomic mass is 10.1. The van der Waals surface area contributed by atoms with Crippen molar-refractivity contribution in [3.8, 4) is 11.4 Å². The number of hydrogen-bond donors (Lipinski definition) is 2. The number of hydrogen-bond acceptors (Lipinski definition) is 7. The van der Waals surface area contributed by atoms with Crippen LogP contribution >= 0.6 is 34.8 Å². The topological polar surface area (TPSA) is 132 Å². The highest BCUT2D eigenvalue weighted by Gasteiger charge is 2.38. The van der Waals surface area contributed by atoms with E-state index in [0.29, 0.717) is 36.0 Å². The Hall–Kier alpha value is -3.68. The van der Waals surface area contributed by atoms with Gasteiger partial charge < -0.3 is 16.0 Å². The third-order valence-corrected chi connectivity index (χ3v) is 6.97. The molecule has 1 aromatic carbocycles. The molecule has 0 bridgehead atoms. The summed E-state index contributed by atoms with van der Waals surface area (Å²) in [5, 5.41) is 7.31. The summed E-state index contributed by atoms with van der Waals surface area (Å²) < 4.78 is 38.5. The van der Waals surface area contributed by atoms with Crippen LogP contribution in [-0.4, -0.2) is 58.3 Å². The quantitative estimate of drug-likeness (QED) is 0.295. The maximum atomic E-state index is 13.0. The molecule has 0 unspecified atom stereocenters. The molecule has 16 heteroatoms. The number of fused-ring (bicyclic) bond motifs is 1. The van der Waals surface area contributed by atoms with Gasteiger partial charge in [-0.1, -0.05) is 46.9 Å². The van der Waals surface area contributed by atoms with Crippen molar-refractivity contribution in [1.29, 1.82) is 0 Å². The second kappa shape index (κ2) is 11.0. The molecule has 5 rings (SSSR count). The van der Waals surface area contributed by atoms with Crippen LogP contribution in [0, 0.1) is 0 Å². The molecule has 10 nitrogen and oxygen atoms in total. The van der Waals surface area contributed by atoms with E-state index in [1.54, 1.807) is 23.0 Å². The number of nitrogen functional groups attached to an aromatic ring is 1. The number of carbonyl (C=O) groups is 2. The predicted molar refractivity (Wildman–Crippen MR) is 148 cm³/mol. The number of pyridine rings is 1. The van der Waals surface area contributed by atoms with Gasteiger partial charge in [0.15, 0.2) is 11.5 Å². The molecular formula is C25H20Cl3F3N8O2. The number of anilines is 2. The van der Waals surface area contributed by atoms with Crippen LogP contribution in [0.3, 0.4) is 0 Å². The minimum atomic E-state index is -4.57. The van der Waals surface area contributed by atoms with Crippen LogP contribution in [0.15, 0.2) is 48.8 Å². The standard InChI is InChI=1S/C25H20Cl3F3N8O2/c26-24(27,28)23(41)38-9-1-2-16(12-38)39-21-17(11-34-39)19(32)36-20(37-21)13-3-5-14(6-4-13)22(40)35-18-10-15(7-8-33-18)25(29,30)31/h3-8,10-11,16H,1-2,9,12H2,(H2,32,36,37)(H,33,35,40)/t16-/m1/s1. The van der Waals surface area contributed by atoms with E-state index < -0.39 is 27.3 Å². The molecule has 0 aliphatic carbocycles. The number of nitrogens with zero attached hydrogens (tertiary/aromatic N) is 6. The Bertz CT molecular complexity index is 1620. The van der Waals surface area contributed by atoms with Gasteiger partial charge in [0.05, 0.1) is 23.2 Å². The number of alkyl halides is 6. The first kappa shape index (κ1) is 28.8. The summed E-state index contributed by atoms with van der Waals surface area (Å²) in [5.74, 6) is -1.07. The van der Waals surface area contributed by atoms with Gasteiger partial charge in [-0.25, -0.2) is 19.6 Å². The molecule has 4 aromatic rings. The van der Waals surface area contributed by atoms with E-state index in [2.05, 4.69) is 25.4 Å². The molecule has 1 aliphatic heterocycles. The molecule has 1 saturated heterocycles. The van der Waals surface area contributed by atoms with Crippen LogP contribution in [0.1, 0.15) is 34.8 Å². The average molecular weight is 628 g/mol. The Kier molecular flexibility index (Phi) is 7.70. The fraction of sp³-hybridized carbons (Fsp3) is 0.280. The fourth-order valence-electron chi connectivity index (χ4n) is 4.50. The number of nitrogens with one attached hydrogen (secondary N) is 1. The maximum Gasteiger partial charge on any atom is 0.416 e. The number of rotatable bonds is 4. The van der Waals surface area contributed by atoms with Crippen molar-refractivity contribution in [3.63, 3.8) is 0 Å². The SMILES string of the molecule is Nc1nc(-c2ccc(C(=O)Nc3cc(C(F)(F)F)ccn3)cc2)nc2c1cnn2[C@@H]1CCCN(C(=O)C(Cl)(Cl)Cl)C1. The lowest BCUT2D eigenvalue weighted by Gasteiger charge is -2.34. The zero-order chi connectivity index (χ0) is 29.5. The molecule has 2 amide bonds. The van der Waals surface area contributed by atoms with Gasteiger partial charge >= 0.3 is 6.18 Å². The summed E-state index contributed by atoms with van der Waals surface area (Å²) in [5.41, 5.74) is 6.42. The fourth-order valence-corrected chi connectivity index (χ4v) is 4.85. The van der Waals surface area contributed by atoms with E-state index in [0.717, 1.165) is 18.3 Å². The van der Waals surface area contributed by atoms with Crippen molar-refractivity contribution >= 4 is 69.3 Å². The molecule has 0 saturated carbocycles. The number of carbonyl (C=O) groups excluding carboxylic acids is 2. The summed E-state index contributed by atoms with van der Waals surface area (Å²) in [6.07, 6.45) is -0.705. The van der Waals surface area contributed by atoms with Gasteiger partial charge in [-0.05, 0) is 37.1 Å². The second-order valence-corrected chi connectivity index (χ2v) is 11.5. The largest absolute Gasteiger partial charge is 0.416 e. The zero-order valence-electron chi connectivity index (χ0n) is 20.9. The average Bonchev–Trinajstić information content (AvgIpc) is 3.37. The molecule has 0 spiro atoms. The Morgan fingerprint density at radius 2 is 1.80 bits per heavy atom. The second-order valence-electron chi connectivity index (χ2n) is 9.26. The summed E-state index contributed by atoms with van der Waals surface area (Å²) >= 11 is 17.4. The van der Waals surface area contributed by atoms with E-state index in [4.69, 9.17) is 40.5 Å². The van der Waals surface area contributed by atoms with E-state index in [9.17, 15) is 22.8 Å². The van der Waals surface area contributed by atoms with E-state index >= 15 is 0 Å². The first-order valence-electron chi connectivity index (χ1n) is 12.1. The first-order chi connectivity index (χ1) is 19.3. The maximum absolute atomic E-state index is 13.0. The summed E-state index contributed by atoms with van der Waals surface area (Å²) in [6, 6.07) is 7.42. The Balaban J connectivity index is 1.37. The molecule has 1 fully saturated rings. The van der Waals surface area contributed by atoms with Gasteiger partial charge in [0.2, 0.25) is 0 Å². The monoisotopic (exact) mass is 626 g/mol. The first-order valence-corrected chi connectivity index (χ1v) is 13.3. The Morgan fingerprint density at radius 3 is 2.49 bits per heavy atom. The smallest absolute Gasteiger partial charge is 0.383 e. The molecule has 4 heterocycles. The number of aromatic nitrogens is 5. The molecule has 214 valence electrons. The van der Waals surface area contributed by atoms with Crippen LogP contribution in [0.2, 0.25) is 0 Å². The van der Waals surface area contributed by atoms with Crippen molar-refractivity contribution in [1.82, 2.24) is 29.6 Å². The van der Waals surface area contributed by atoms with Crippen molar-refractivity contribution < 1.29 is 22.8 Å². The molecular weight excluding hydrogens is 608 g/mol. The molecule has 41 heavy (non-hydrogen) atoms. The normalized spacial score (nSPS) is 16.1. The number of nitrogens with two attached hydrogens (primary N) is 1. The highest BCUT2D eigenvalue weighted by Crippen LogP contribution is 2.33. The van der Waals surface area contributed by atoms with Crippen LogP contribution in [0.25, 0.3) is 22.4 Å². The lowest BCUT2D eigenvalue weighted by Crippen LogP contribution is -2.45. The van der Waals surface area contributed by atoms with Crippen molar-refractivity contribution in [2.24, 2.45) is 0 Å². The number of likely N-dealkylation sites (tertiary alicyclic amines) is 1. The molecule has 0 radical (unpaired) electrons. The summed E-state index contributed by atoms with van der Waals surface area (Å²) in [6.45, 7) is 0.696. The Morgan fingerprint density at radius 1 is 1.07 bits per heavy atom. The van der Waals surface area contributed by atoms with Gasteiger partial charge in [-0.2, -0.15) is 18.3 Å². The van der Waals surface area contributed by atoms with E-state index in [1.807, 2.05) is 0 Å². The summed E-state index contributed by atoms with van der Waals surface area (Å²) in [4.78, 5) is 39.4. The number of piperidine rings is 1. The minimum Gasteiger partial charge on any atom is -0.383 e. The van der Waals surface area contributed by atoms with Crippen molar-refractivity contribution in [2.75, 3.05) is 24.1 Å². The molecule has 1 aliphatic rings. The van der Waals surface area contributed by atoms with Crippen LogP contribution in [0.4, 0.5) is 24.8 Å². The lowest BCUT2D eigenvalue weighted by molar-refractivity contribution is -0.137. The van der Waals surface area contributed by atoms with Gasteiger partial charge in [0, 0.05) is 30.4 Å². The highest BCUT2D eigenvalue weighted by molar-refractivity contribution is 6.76. The van der Waals surface area contributed by atoms with Crippen molar-refractivity contribution in [2.45, 2.75) is 28.9 Å². The number of benzene rings is 1. The van der Waals surface area contributed by atoms with Gasteiger partial charge in [0.1, 0.15) is 11.6 Å². The summed E-state index contributed by atoms with van der Waals surface area (Å²) in [7, 11) is 0. The molecule has 3 N–H and O–H groups in total. The zero-order valence-corrected chi connectivity index (χ0v) is 23.1. The van der Waals surface area contributed by atoms with Crippen LogP contribution in [-0.2, 0) is 11.0 Å². The highest BCUT2D eigenvalue weighted by atomic mass is 35.6. The van der Waals surface area contributed by atoms with Crippen LogP contribution < -0.4 is 11.1 Å². The third-order valence-electron chi connectivity index (χ3n) is 6.49. The van der Waals surface area contributed by atoms with Crippen LogP contribution in [0.5, 0.6) is 0 Å². The molecule has 3 aromatic heterocycles. The predicted octanol–water partition coefficient (Wildman–Crippen LogP) is 5.28. The van der Waals surface area contributed by atoms with Gasteiger partial charge in [-0.3, -0.25) is 9.59 Å². The van der Waals surface area contributed by atoms with E-state index in [1.165, 1.54) is 17.0 Å². The number of halogens is 6. The minimum absolute atomic E-state index is 0.174. The van der Waals surface area contributed by atoms with Gasteiger partial charge in [-0.15, -0.1) is 0 Å². The van der Waals surface area contributed by atoms with Crippen molar-refractivity contribution in [3.05, 3.63) is 59.9 Å². The molecule has 1 atom stereocenters. The Labute approximate surface area is 245 Å². The van der Waals surface area contributed by atoms with E-state index in [-0.39, 0.29) is 35.6 Å².